The first-order valence-corrected chi connectivity index (χ1v) is 6.54. The molecule has 1 atom stereocenters. The summed E-state index contributed by atoms with van der Waals surface area (Å²) in [6.07, 6.45) is 2.27. The van der Waals surface area contributed by atoms with E-state index in [2.05, 4.69) is 15.3 Å². The molecule has 1 unspecified atom stereocenters. The molecule has 0 amide bonds. The van der Waals surface area contributed by atoms with Crippen LogP contribution in [0.3, 0.4) is 0 Å². The highest BCUT2D eigenvalue weighted by molar-refractivity contribution is 5.30. The van der Waals surface area contributed by atoms with Gasteiger partial charge in [0.15, 0.2) is 5.75 Å². The number of rotatable bonds is 8. The molecular formula is C13H26N4O2. The maximum Gasteiger partial charge on any atom is 0.162 e. The van der Waals surface area contributed by atoms with Crippen LogP contribution in [0.1, 0.15) is 19.0 Å². The highest BCUT2D eigenvalue weighted by Crippen LogP contribution is 2.32. The number of aliphatic hydroxyl groups is 1. The average molecular weight is 270 g/mol. The van der Waals surface area contributed by atoms with Crippen LogP contribution in [-0.2, 0) is 12.1 Å². The van der Waals surface area contributed by atoms with Crippen LogP contribution in [0.4, 0.5) is 0 Å². The summed E-state index contributed by atoms with van der Waals surface area (Å²) in [5.41, 5.74) is -0.218. The molecule has 0 aliphatic heterocycles. The van der Waals surface area contributed by atoms with Crippen molar-refractivity contribution in [2.45, 2.75) is 25.5 Å². The zero-order valence-corrected chi connectivity index (χ0v) is 12.6. The zero-order valence-electron chi connectivity index (χ0n) is 12.6. The van der Waals surface area contributed by atoms with Crippen LogP contribution in [0.25, 0.3) is 0 Å². The number of methoxy groups -OCH3 is 1. The quantitative estimate of drug-likeness (QED) is 0.710. The van der Waals surface area contributed by atoms with E-state index in [1.807, 2.05) is 25.8 Å². The maximum absolute atomic E-state index is 10.7. The van der Waals surface area contributed by atoms with Gasteiger partial charge in [0.25, 0.3) is 0 Å². The first-order chi connectivity index (χ1) is 8.92. The van der Waals surface area contributed by atoms with Crippen molar-refractivity contribution in [3.05, 3.63) is 11.9 Å². The Balaban J connectivity index is 2.97. The lowest BCUT2D eigenvalue weighted by atomic mass is 9.97. The van der Waals surface area contributed by atoms with Gasteiger partial charge in [-0.05, 0) is 41.0 Å². The van der Waals surface area contributed by atoms with E-state index < -0.39 is 5.60 Å². The third-order valence-corrected chi connectivity index (χ3v) is 3.16. The van der Waals surface area contributed by atoms with Crippen LogP contribution in [0.15, 0.2) is 6.20 Å². The molecule has 0 aliphatic carbocycles. The number of likely N-dealkylation sites (N-methyl/N-ethyl adjacent to an activating group) is 1. The molecule has 19 heavy (non-hydrogen) atoms. The summed E-state index contributed by atoms with van der Waals surface area (Å²) in [4.78, 5) is 2.08. The first kappa shape index (κ1) is 15.9. The van der Waals surface area contributed by atoms with Gasteiger partial charge in [-0.25, -0.2) is 0 Å². The topological polar surface area (TPSA) is 62.5 Å². The highest BCUT2D eigenvalue weighted by atomic mass is 16.5. The fourth-order valence-corrected chi connectivity index (χ4v) is 2.01. The SMILES string of the molecule is CNCCC(C)(O)c1c(OC)cnn1CCN(C)C. The molecule has 0 fully saturated rings. The summed E-state index contributed by atoms with van der Waals surface area (Å²) < 4.78 is 7.15. The molecule has 1 heterocycles. The zero-order chi connectivity index (χ0) is 14.5. The predicted octanol–water partition coefficient (Wildman–Crippen LogP) is 0.270. The number of nitrogens with zero attached hydrogens (tertiary/aromatic N) is 3. The molecule has 1 rings (SSSR count). The third-order valence-electron chi connectivity index (χ3n) is 3.16. The summed E-state index contributed by atoms with van der Waals surface area (Å²) >= 11 is 0. The fourth-order valence-electron chi connectivity index (χ4n) is 2.01. The average Bonchev–Trinajstić information content (AvgIpc) is 2.77. The van der Waals surface area contributed by atoms with Crippen LogP contribution >= 0.6 is 0 Å². The van der Waals surface area contributed by atoms with Crippen molar-refractivity contribution < 1.29 is 9.84 Å². The minimum Gasteiger partial charge on any atom is -0.493 e. The van der Waals surface area contributed by atoms with E-state index in [-0.39, 0.29) is 0 Å². The van der Waals surface area contributed by atoms with Gasteiger partial charge >= 0.3 is 0 Å². The molecule has 6 nitrogen and oxygen atoms in total. The van der Waals surface area contributed by atoms with Gasteiger partial charge in [0, 0.05) is 6.54 Å². The van der Waals surface area contributed by atoms with Crippen molar-refractivity contribution in [1.29, 1.82) is 0 Å². The lowest BCUT2D eigenvalue weighted by molar-refractivity contribution is 0.0361. The summed E-state index contributed by atoms with van der Waals surface area (Å²) in [5.74, 6) is 0.639. The van der Waals surface area contributed by atoms with Crippen molar-refractivity contribution >= 4 is 0 Å². The Labute approximate surface area is 115 Å². The van der Waals surface area contributed by atoms with Gasteiger partial charge in [0.1, 0.15) is 11.3 Å². The lowest BCUT2D eigenvalue weighted by Gasteiger charge is -2.25. The molecular weight excluding hydrogens is 244 g/mol. The Morgan fingerprint density at radius 3 is 2.74 bits per heavy atom. The van der Waals surface area contributed by atoms with E-state index in [1.54, 1.807) is 20.2 Å². The second kappa shape index (κ2) is 6.88. The molecule has 0 saturated heterocycles. The van der Waals surface area contributed by atoms with Crippen molar-refractivity contribution in [2.75, 3.05) is 41.3 Å². The number of ether oxygens (including phenoxy) is 1. The number of hydrogen-bond acceptors (Lipinski definition) is 5. The Morgan fingerprint density at radius 1 is 1.53 bits per heavy atom. The fraction of sp³-hybridized carbons (Fsp3) is 0.769. The van der Waals surface area contributed by atoms with Gasteiger partial charge < -0.3 is 20.1 Å². The molecule has 6 heteroatoms. The summed E-state index contributed by atoms with van der Waals surface area (Å²) in [6, 6.07) is 0. The number of nitrogens with one attached hydrogen (secondary N) is 1. The van der Waals surface area contributed by atoms with Crippen molar-refractivity contribution in [3.63, 3.8) is 0 Å². The largest absolute Gasteiger partial charge is 0.493 e. The number of hydrogen-bond donors (Lipinski definition) is 2. The second-order valence-electron chi connectivity index (χ2n) is 5.22. The van der Waals surface area contributed by atoms with Gasteiger partial charge in [0.05, 0.1) is 19.9 Å². The van der Waals surface area contributed by atoms with Crippen LogP contribution in [0.2, 0.25) is 0 Å². The van der Waals surface area contributed by atoms with Crippen molar-refractivity contribution in [1.82, 2.24) is 20.0 Å². The van der Waals surface area contributed by atoms with Crippen LogP contribution in [0.5, 0.6) is 5.75 Å². The highest BCUT2D eigenvalue weighted by Gasteiger charge is 2.31. The minimum absolute atomic E-state index is 0.605. The summed E-state index contributed by atoms with van der Waals surface area (Å²) in [5, 5.41) is 18.0. The van der Waals surface area contributed by atoms with E-state index in [1.165, 1.54) is 0 Å². The van der Waals surface area contributed by atoms with Crippen molar-refractivity contribution in [2.24, 2.45) is 0 Å². The Kier molecular flexibility index (Phi) is 5.78. The monoisotopic (exact) mass is 270 g/mol. The van der Waals surface area contributed by atoms with E-state index >= 15 is 0 Å². The standard InChI is InChI=1S/C13H26N4O2/c1-13(18,6-7-14-2)12-11(19-5)10-15-17(12)9-8-16(3)4/h10,14,18H,6-9H2,1-5H3. The van der Waals surface area contributed by atoms with Gasteiger partial charge in [-0.15, -0.1) is 0 Å². The predicted molar refractivity (Wildman–Crippen MR) is 75.4 cm³/mol. The smallest absolute Gasteiger partial charge is 0.162 e. The van der Waals surface area contributed by atoms with E-state index in [9.17, 15) is 5.11 Å². The van der Waals surface area contributed by atoms with Crippen molar-refractivity contribution in [3.8, 4) is 5.75 Å². The molecule has 110 valence electrons. The summed E-state index contributed by atoms with van der Waals surface area (Å²) in [6.45, 7) is 4.12. The molecule has 0 aliphatic rings. The van der Waals surface area contributed by atoms with Crippen LogP contribution in [-0.4, -0.2) is 61.1 Å². The molecule has 0 bridgehead atoms. The summed E-state index contributed by atoms with van der Waals surface area (Å²) in [7, 11) is 7.50. The normalized spacial score (nSPS) is 14.7. The van der Waals surface area contributed by atoms with Gasteiger partial charge in [0.2, 0.25) is 0 Å². The molecule has 0 saturated carbocycles. The van der Waals surface area contributed by atoms with Crippen LogP contribution < -0.4 is 10.1 Å². The van der Waals surface area contributed by atoms with E-state index in [0.717, 1.165) is 25.3 Å². The van der Waals surface area contributed by atoms with E-state index in [0.29, 0.717) is 12.2 Å². The van der Waals surface area contributed by atoms with Crippen LogP contribution in [0, 0.1) is 0 Å². The van der Waals surface area contributed by atoms with Gasteiger partial charge in [-0.2, -0.15) is 5.10 Å². The molecule has 0 aromatic carbocycles. The molecule has 0 radical (unpaired) electrons. The Hall–Kier alpha value is -1.11. The lowest BCUT2D eigenvalue weighted by Crippen LogP contribution is -2.31. The molecule has 2 N–H and O–H groups in total. The van der Waals surface area contributed by atoms with Gasteiger partial charge in [-0.1, -0.05) is 0 Å². The number of aromatic nitrogens is 2. The molecule has 0 spiro atoms. The molecule has 1 aromatic rings. The van der Waals surface area contributed by atoms with Gasteiger partial charge in [-0.3, -0.25) is 4.68 Å². The maximum atomic E-state index is 10.7. The second-order valence-corrected chi connectivity index (χ2v) is 5.22. The Bertz CT molecular complexity index is 388. The first-order valence-electron chi connectivity index (χ1n) is 6.54. The minimum atomic E-state index is -0.961. The third kappa shape index (κ3) is 4.19. The van der Waals surface area contributed by atoms with E-state index in [4.69, 9.17) is 4.74 Å². The molecule has 1 aromatic heterocycles. The Morgan fingerprint density at radius 2 is 2.21 bits per heavy atom.